The van der Waals surface area contributed by atoms with Gasteiger partial charge in [-0.1, -0.05) is 6.07 Å². The number of carbonyl (C=O) groups excluding carboxylic acids is 1. The fourth-order valence-electron chi connectivity index (χ4n) is 3.26. The fourth-order valence-corrected chi connectivity index (χ4v) is 4.36. The highest BCUT2D eigenvalue weighted by atomic mass is 32.2. The van der Waals surface area contributed by atoms with Crippen molar-refractivity contribution < 1.29 is 23.8 Å². The number of thioether (sulfide) groups is 1. The molecular formula is C20H18FN3O4S. The molecule has 1 atom stereocenters. The Bertz CT molecular complexity index is 1060. The summed E-state index contributed by atoms with van der Waals surface area (Å²) in [6.45, 7) is 0. The molecule has 0 fully saturated rings. The van der Waals surface area contributed by atoms with Gasteiger partial charge in [0.05, 0.1) is 30.9 Å². The lowest BCUT2D eigenvalue weighted by Gasteiger charge is -2.20. The number of phenols is 1. The molecule has 0 aliphatic carbocycles. The van der Waals surface area contributed by atoms with Crippen LogP contribution in [-0.4, -0.2) is 40.5 Å². The van der Waals surface area contributed by atoms with Crippen LogP contribution in [0.3, 0.4) is 0 Å². The zero-order chi connectivity index (χ0) is 20.5. The smallest absolute Gasteiger partial charge is 0.235 e. The summed E-state index contributed by atoms with van der Waals surface area (Å²) in [5.74, 6) is 0.450. The zero-order valence-electron chi connectivity index (χ0n) is 15.7. The molecule has 1 aliphatic rings. The minimum absolute atomic E-state index is 0.106. The van der Waals surface area contributed by atoms with E-state index in [1.165, 1.54) is 38.1 Å². The van der Waals surface area contributed by atoms with Crippen LogP contribution in [0.4, 0.5) is 10.2 Å². The maximum atomic E-state index is 13.8. The van der Waals surface area contributed by atoms with Crippen molar-refractivity contribution in [1.82, 2.24) is 9.55 Å². The van der Waals surface area contributed by atoms with E-state index in [1.807, 2.05) is 0 Å². The fraction of sp³-hybridized carbons (Fsp3) is 0.200. The van der Waals surface area contributed by atoms with E-state index in [2.05, 4.69) is 10.3 Å². The maximum Gasteiger partial charge on any atom is 0.235 e. The van der Waals surface area contributed by atoms with Gasteiger partial charge in [-0.3, -0.25) is 9.36 Å². The molecule has 1 aliphatic heterocycles. The summed E-state index contributed by atoms with van der Waals surface area (Å²) < 4.78 is 26.1. The first-order valence-corrected chi connectivity index (χ1v) is 9.76. The quantitative estimate of drug-likeness (QED) is 0.678. The molecule has 9 heteroatoms. The van der Waals surface area contributed by atoms with Gasteiger partial charge in [-0.15, -0.1) is 11.8 Å². The van der Waals surface area contributed by atoms with Gasteiger partial charge in [0.2, 0.25) is 11.7 Å². The third-order valence-electron chi connectivity index (χ3n) is 4.58. The predicted molar refractivity (Wildman–Crippen MR) is 108 cm³/mol. The Morgan fingerprint density at radius 1 is 1.24 bits per heavy atom. The Balaban J connectivity index is 1.91. The van der Waals surface area contributed by atoms with Gasteiger partial charge in [0.1, 0.15) is 12.1 Å². The van der Waals surface area contributed by atoms with Crippen molar-refractivity contribution in [2.75, 3.05) is 25.3 Å². The molecule has 29 heavy (non-hydrogen) atoms. The van der Waals surface area contributed by atoms with Gasteiger partial charge < -0.3 is 19.9 Å². The molecule has 3 aromatic rings. The number of anilines is 1. The second-order valence-corrected chi connectivity index (χ2v) is 7.43. The second kappa shape index (κ2) is 7.67. The monoisotopic (exact) mass is 415 g/mol. The second-order valence-electron chi connectivity index (χ2n) is 6.34. The van der Waals surface area contributed by atoms with Gasteiger partial charge in [-0.25, -0.2) is 9.37 Å². The first-order valence-electron chi connectivity index (χ1n) is 8.71. The number of benzene rings is 2. The molecule has 2 aromatic carbocycles. The van der Waals surface area contributed by atoms with Gasteiger partial charge in [0.15, 0.2) is 17.3 Å². The van der Waals surface area contributed by atoms with E-state index in [0.29, 0.717) is 17.2 Å². The van der Waals surface area contributed by atoms with Crippen LogP contribution < -0.4 is 14.8 Å². The average Bonchev–Trinajstić information content (AvgIpc) is 3.04. The van der Waals surface area contributed by atoms with E-state index in [1.54, 1.807) is 35.2 Å². The van der Waals surface area contributed by atoms with Gasteiger partial charge in [-0.2, -0.15) is 0 Å². The van der Waals surface area contributed by atoms with Crippen LogP contribution in [0.15, 0.2) is 42.7 Å². The first-order chi connectivity index (χ1) is 14.0. The summed E-state index contributed by atoms with van der Waals surface area (Å²) in [7, 11) is 2.90. The topological polar surface area (TPSA) is 85.6 Å². The number of nitrogens with zero attached hydrogens (tertiary/aromatic N) is 2. The van der Waals surface area contributed by atoms with E-state index in [-0.39, 0.29) is 40.0 Å². The number of nitrogens with one attached hydrogen (secondary N) is 1. The van der Waals surface area contributed by atoms with Crippen LogP contribution in [0.5, 0.6) is 17.2 Å². The summed E-state index contributed by atoms with van der Waals surface area (Å²) in [6, 6.07) is 9.52. The Morgan fingerprint density at radius 2 is 1.97 bits per heavy atom. The van der Waals surface area contributed by atoms with Crippen molar-refractivity contribution in [3.8, 4) is 22.9 Å². The highest BCUT2D eigenvalue weighted by molar-refractivity contribution is 8.00. The van der Waals surface area contributed by atoms with E-state index >= 15 is 0 Å². The Hall–Kier alpha value is -3.20. The number of rotatable bonds is 4. The van der Waals surface area contributed by atoms with E-state index in [9.17, 15) is 14.3 Å². The molecule has 4 rings (SSSR count). The van der Waals surface area contributed by atoms with Crippen molar-refractivity contribution >= 4 is 23.5 Å². The number of aromatic nitrogens is 2. The van der Waals surface area contributed by atoms with Crippen LogP contribution in [0.2, 0.25) is 0 Å². The normalized spacial score (nSPS) is 16.0. The molecule has 2 heterocycles. The van der Waals surface area contributed by atoms with Crippen LogP contribution >= 0.6 is 11.8 Å². The zero-order valence-corrected chi connectivity index (χ0v) is 16.5. The molecule has 2 N–H and O–H groups in total. The number of aromatic hydroxyl groups is 1. The number of carbonyl (C=O) groups is 1. The highest BCUT2D eigenvalue weighted by Crippen LogP contribution is 2.46. The molecule has 0 unspecified atom stereocenters. The lowest BCUT2D eigenvalue weighted by atomic mass is 10.1. The number of hydrogen-bond donors (Lipinski definition) is 2. The van der Waals surface area contributed by atoms with Gasteiger partial charge >= 0.3 is 0 Å². The minimum atomic E-state index is -0.375. The van der Waals surface area contributed by atoms with Crippen molar-refractivity contribution in [3.63, 3.8) is 0 Å². The summed E-state index contributed by atoms with van der Waals surface area (Å²) in [5, 5.41) is 12.7. The standard InChI is InChI=1S/C20H18FN3O4S/c1-27-14-6-11(7-15(28-2)18(14)26)19-17-20(23-16(25)9-29-19)22-10-24(17)13-5-3-4-12(21)8-13/h3-8,10,19,26H,9H2,1-2H3,(H,23,25)/t19-/m1/s1. The van der Waals surface area contributed by atoms with Crippen LogP contribution in [0.25, 0.3) is 5.69 Å². The lowest BCUT2D eigenvalue weighted by molar-refractivity contribution is -0.113. The highest BCUT2D eigenvalue weighted by Gasteiger charge is 2.30. The maximum absolute atomic E-state index is 13.8. The number of phenolic OH excluding ortho intramolecular Hbond substituents is 1. The van der Waals surface area contributed by atoms with E-state index in [4.69, 9.17) is 9.47 Å². The van der Waals surface area contributed by atoms with E-state index < -0.39 is 0 Å². The molecule has 1 amide bonds. The van der Waals surface area contributed by atoms with Crippen molar-refractivity contribution in [1.29, 1.82) is 0 Å². The van der Waals surface area contributed by atoms with Crippen LogP contribution in [0, 0.1) is 5.82 Å². The predicted octanol–water partition coefficient (Wildman–Crippen LogP) is 3.51. The molecule has 0 radical (unpaired) electrons. The number of methoxy groups -OCH3 is 2. The summed E-state index contributed by atoms with van der Waals surface area (Å²) in [4.78, 5) is 16.5. The van der Waals surface area contributed by atoms with Gasteiger partial charge in [0.25, 0.3) is 0 Å². The third-order valence-corrected chi connectivity index (χ3v) is 5.84. The van der Waals surface area contributed by atoms with Gasteiger partial charge in [-0.05, 0) is 35.9 Å². The molecule has 0 bridgehead atoms. The summed E-state index contributed by atoms with van der Waals surface area (Å²) in [5.41, 5.74) is 2.01. The molecule has 7 nitrogen and oxygen atoms in total. The largest absolute Gasteiger partial charge is 0.502 e. The van der Waals surface area contributed by atoms with Gasteiger partial charge in [0, 0.05) is 5.69 Å². The molecule has 0 saturated heterocycles. The number of amides is 1. The lowest BCUT2D eigenvalue weighted by Crippen LogP contribution is -2.12. The van der Waals surface area contributed by atoms with E-state index in [0.717, 1.165) is 5.56 Å². The van der Waals surface area contributed by atoms with Crippen LogP contribution in [-0.2, 0) is 4.79 Å². The molecule has 1 aromatic heterocycles. The van der Waals surface area contributed by atoms with Crippen LogP contribution in [0.1, 0.15) is 16.5 Å². The Morgan fingerprint density at radius 3 is 2.62 bits per heavy atom. The molecule has 150 valence electrons. The number of hydrogen-bond acceptors (Lipinski definition) is 6. The minimum Gasteiger partial charge on any atom is -0.502 e. The Labute approximate surface area is 170 Å². The number of halogens is 1. The number of fused-ring (bicyclic) bond motifs is 1. The van der Waals surface area contributed by atoms with Crippen molar-refractivity contribution in [2.24, 2.45) is 0 Å². The third kappa shape index (κ3) is 3.49. The summed E-state index contributed by atoms with van der Waals surface area (Å²) in [6.07, 6.45) is 1.55. The number of ether oxygens (including phenoxy) is 2. The number of imidazole rings is 1. The molecule has 0 spiro atoms. The molecular weight excluding hydrogens is 397 g/mol. The Kier molecular flexibility index (Phi) is 5.06. The van der Waals surface area contributed by atoms with Crippen molar-refractivity contribution in [2.45, 2.75) is 5.25 Å². The SMILES string of the molecule is COc1cc([C@H]2SCC(=O)Nc3ncn(-c4cccc(F)c4)c32)cc(OC)c1O. The molecule has 0 saturated carbocycles. The first kappa shape index (κ1) is 19.1. The van der Waals surface area contributed by atoms with Crippen molar-refractivity contribution in [3.05, 3.63) is 59.8 Å². The average molecular weight is 415 g/mol. The summed E-state index contributed by atoms with van der Waals surface area (Å²) >= 11 is 1.39.